The van der Waals surface area contributed by atoms with E-state index in [1.54, 1.807) is 0 Å². The number of rotatable bonds is 2. The summed E-state index contributed by atoms with van der Waals surface area (Å²) < 4.78 is 0. The molecule has 0 saturated carbocycles. The lowest BCUT2D eigenvalue weighted by Gasteiger charge is -2.33. The second-order valence-electron chi connectivity index (χ2n) is 3.01. The molecule has 0 aromatic rings. The zero-order chi connectivity index (χ0) is 8.32. The van der Waals surface area contributed by atoms with Crippen molar-refractivity contribution in [3.05, 3.63) is 12.3 Å². The zero-order valence-electron chi connectivity index (χ0n) is 6.47. The first-order valence-electron chi connectivity index (χ1n) is 3.59. The molecule has 0 aliphatic carbocycles. The van der Waals surface area contributed by atoms with Crippen molar-refractivity contribution >= 4 is 15.9 Å². The molecule has 4 heteroatoms. The van der Waals surface area contributed by atoms with E-state index in [2.05, 4.69) is 26.8 Å². The van der Waals surface area contributed by atoms with Crippen molar-refractivity contribution in [2.24, 2.45) is 5.41 Å². The molecular formula is C7H13BrN2O. The maximum absolute atomic E-state index is 9.58. The molecule has 0 radical (unpaired) electrons. The van der Waals surface area contributed by atoms with E-state index in [0.717, 1.165) is 6.54 Å². The number of hydrogen-bond donors (Lipinski definition) is 3. The van der Waals surface area contributed by atoms with Crippen LogP contribution in [0, 0.1) is 5.41 Å². The van der Waals surface area contributed by atoms with Crippen molar-refractivity contribution in [1.82, 2.24) is 10.9 Å². The van der Waals surface area contributed by atoms with Crippen LogP contribution in [0.25, 0.3) is 0 Å². The Morgan fingerprint density at radius 2 is 2.55 bits per heavy atom. The van der Waals surface area contributed by atoms with Gasteiger partial charge in [0.1, 0.15) is 0 Å². The number of aliphatic hydroxyl groups excluding tert-OH is 1. The van der Waals surface area contributed by atoms with Gasteiger partial charge in [-0.15, -0.1) is 0 Å². The van der Waals surface area contributed by atoms with Crippen LogP contribution in [-0.2, 0) is 0 Å². The van der Waals surface area contributed by atoms with Crippen molar-refractivity contribution in [2.75, 3.05) is 11.9 Å². The predicted molar refractivity (Wildman–Crippen MR) is 48.2 cm³/mol. The second-order valence-corrected chi connectivity index (χ2v) is 3.65. The number of alkyl halides is 1. The van der Waals surface area contributed by atoms with Gasteiger partial charge in [-0.25, -0.2) is 5.43 Å². The Morgan fingerprint density at radius 1 is 1.82 bits per heavy atom. The topological polar surface area (TPSA) is 44.3 Å². The quantitative estimate of drug-likeness (QED) is 0.590. The summed E-state index contributed by atoms with van der Waals surface area (Å²) in [5.41, 5.74) is 5.68. The van der Waals surface area contributed by atoms with E-state index in [9.17, 15) is 5.11 Å². The van der Waals surface area contributed by atoms with Crippen LogP contribution in [0.1, 0.15) is 6.92 Å². The summed E-state index contributed by atoms with van der Waals surface area (Å²) in [5, 5.41) is 10.2. The van der Waals surface area contributed by atoms with Crippen LogP contribution in [0.4, 0.5) is 0 Å². The molecule has 1 aliphatic rings. The Morgan fingerprint density at radius 3 is 3.00 bits per heavy atom. The van der Waals surface area contributed by atoms with E-state index in [0.29, 0.717) is 5.33 Å². The summed E-state index contributed by atoms with van der Waals surface area (Å²) in [4.78, 5) is 0. The lowest BCUT2D eigenvalue weighted by atomic mass is 9.84. The van der Waals surface area contributed by atoms with Gasteiger partial charge >= 0.3 is 0 Å². The Balaban J connectivity index is 2.63. The maximum atomic E-state index is 9.58. The van der Waals surface area contributed by atoms with E-state index >= 15 is 0 Å². The summed E-state index contributed by atoms with van der Waals surface area (Å²) >= 11 is 3.25. The first kappa shape index (κ1) is 9.03. The first-order valence-corrected chi connectivity index (χ1v) is 4.71. The molecule has 0 amide bonds. The number of aliphatic hydroxyl groups is 1. The molecule has 1 rings (SSSR count). The molecule has 0 saturated heterocycles. The monoisotopic (exact) mass is 220 g/mol. The SMILES string of the molecule is CC1([C@H](O)CBr)C=CNNC1. The van der Waals surface area contributed by atoms with Crippen molar-refractivity contribution in [2.45, 2.75) is 13.0 Å². The minimum atomic E-state index is -0.339. The van der Waals surface area contributed by atoms with Gasteiger partial charge in [-0.3, -0.25) is 0 Å². The van der Waals surface area contributed by atoms with Gasteiger partial charge in [-0.2, -0.15) is 0 Å². The highest BCUT2D eigenvalue weighted by molar-refractivity contribution is 9.09. The van der Waals surface area contributed by atoms with Gasteiger partial charge in [-0.1, -0.05) is 28.9 Å². The van der Waals surface area contributed by atoms with Gasteiger partial charge in [0, 0.05) is 23.5 Å². The van der Waals surface area contributed by atoms with Gasteiger partial charge in [-0.05, 0) is 0 Å². The molecule has 1 unspecified atom stereocenters. The van der Waals surface area contributed by atoms with E-state index in [1.807, 2.05) is 19.2 Å². The third-order valence-corrected chi connectivity index (χ3v) is 2.64. The van der Waals surface area contributed by atoms with Crippen molar-refractivity contribution in [3.63, 3.8) is 0 Å². The molecule has 2 atom stereocenters. The lowest BCUT2D eigenvalue weighted by molar-refractivity contribution is 0.0854. The first-order chi connectivity index (χ1) is 5.19. The lowest BCUT2D eigenvalue weighted by Crippen LogP contribution is -2.47. The van der Waals surface area contributed by atoms with Crippen molar-refractivity contribution in [1.29, 1.82) is 0 Å². The van der Waals surface area contributed by atoms with Crippen LogP contribution >= 0.6 is 15.9 Å². The number of halogens is 1. The van der Waals surface area contributed by atoms with Crippen molar-refractivity contribution < 1.29 is 5.11 Å². The molecule has 0 aromatic carbocycles. The normalized spacial score (nSPS) is 33.0. The van der Waals surface area contributed by atoms with E-state index in [4.69, 9.17) is 0 Å². The van der Waals surface area contributed by atoms with Crippen LogP contribution < -0.4 is 10.9 Å². The van der Waals surface area contributed by atoms with E-state index in [1.165, 1.54) is 0 Å². The Labute approximate surface area is 75.0 Å². The molecule has 0 spiro atoms. The molecule has 3 N–H and O–H groups in total. The van der Waals surface area contributed by atoms with Crippen LogP contribution in [0.15, 0.2) is 12.3 Å². The maximum Gasteiger partial charge on any atom is 0.0738 e. The third kappa shape index (κ3) is 1.95. The fraction of sp³-hybridized carbons (Fsp3) is 0.714. The molecule has 11 heavy (non-hydrogen) atoms. The summed E-state index contributed by atoms with van der Waals surface area (Å²) in [6, 6.07) is 0. The third-order valence-electron chi connectivity index (χ3n) is 2.03. The standard InChI is InChI=1S/C7H13BrN2O/c1-7(6(11)4-8)2-3-9-10-5-7/h2-3,6,9-11H,4-5H2,1H3/t6-,7?/m1/s1. The highest BCUT2D eigenvalue weighted by Gasteiger charge is 2.30. The van der Waals surface area contributed by atoms with Crippen LogP contribution in [0.2, 0.25) is 0 Å². The number of hydrazine groups is 1. The largest absolute Gasteiger partial charge is 0.391 e. The Kier molecular flexibility index (Phi) is 2.92. The number of hydrogen-bond acceptors (Lipinski definition) is 3. The fourth-order valence-corrected chi connectivity index (χ4v) is 1.74. The molecular weight excluding hydrogens is 208 g/mol. The zero-order valence-corrected chi connectivity index (χ0v) is 8.06. The van der Waals surface area contributed by atoms with Gasteiger partial charge in [0.05, 0.1) is 6.10 Å². The molecule has 0 fully saturated rings. The molecule has 1 aliphatic heterocycles. The fourth-order valence-electron chi connectivity index (χ4n) is 0.997. The van der Waals surface area contributed by atoms with Crippen LogP contribution in [0.5, 0.6) is 0 Å². The van der Waals surface area contributed by atoms with E-state index in [-0.39, 0.29) is 11.5 Å². The summed E-state index contributed by atoms with van der Waals surface area (Å²) in [5.74, 6) is 0. The summed E-state index contributed by atoms with van der Waals surface area (Å²) in [6.45, 7) is 2.76. The Bertz CT molecular complexity index is 163. The predicted octanol–water partition coefficient (Wildman–Crippen LogP) is 0.370. The molecule has 0 aromatic heterocycles. The summed E-state index contributed by atoms with van der Waals surface area (Å²) in [6.07, 6.45) is 3.46. The van der Waals surface area contributed by atoms with Gasteiger partial charge in [0.2, 0.25) is 0 Å². The molecule has 1 heterocycles. The number of nitrogens with one attached hydrogen (secondary N) is 2. The highest BCUT2D eigenvalue weighted by atomic mass is 79.9. The second kappa shape index (κ2) is 3.56. The van der Waals surface area contributed by atoms with Gasteiger partial charge in [0.25, 0.3) is 0 Å². The molecule has 0 bridgehead atoms. The smallest absolute Gasteiger partial charge is 0.0738 e. The van der Waals surface area contributed by atoms with Gasteiger partial charge in [0.15, 0.2) is 0 Å². The minimum Gasteiger partial charge on any atom is -0.391 e. The average Bonchev–Trinajstić information content (AvgIpc) is 2.04. The highest BCUT2D eigenvalue weighted by Crippen LogP contribution is 2.24. The summed E-state index contributed by atoms with van der Waals surface area (Å²) in [7, 11) is 0. The van der Waals surface area contributed by atoms with Crippen LogP contribution in [-0.4, -0.2) is 23.1 Å². The Hall–Kier alpha value is -0.0600. The van der Waals surface area contributed by atoms with E-state index < -0.39 is 0 Å². The average molecular weight is 221 g/mol. The minimum absolute atomic E-state index is 0.158. The molecule has 3 nitrogen and oxygen atoms in total. The molecule has 64 valence electrons. The van der Waals surface area contributed by atoms with Crippen LogP contribution in [0.3, 0.4) is 0 Å². The van der Waals surface area contributed by atoms with Gasteiger partial charge < -0.3 is 10.5 Å². The van der Waals surface area contributed by atoms with Crippen molar-refractivity contribution in [3.8, 4) is 0 Å².